The number of hydrogen-bond acceptors (Lipinski definition) is 4. The molecule has 0 bridgehead atoms. The monoisotopic (exact) mass is 424 g/mol. The molecule has 2 unspecified atom stereocenters. The molecule has 7 heteroatoms. The minimum atomic E-state index is -1.05. The van der Waals surface area contributed by atoms with E-state index in [9.17, 15) is 19.5 Å². The van der Waals surface area contributed by atoms with E-state index in [1.165, 1.54) is 11.9 Å². The fourth-order valence-corrected chi connectivity index (χ4v) is 4.09. The predicted molar refractivity (Wildman–Crippen MR) is 117 cm³/mol. The number of likely N-dealkylation sites (N-methyl/N-ethyl adjacent to an activating group) is 1. The number of alkyl carbamates (subject to hydrolysis) is 1. The summed E-state index contributed by atoms with van der Waals surface area (Å²) in [4.78, 5) is 37.1. The van der Waals surface area contributed by atoms with E-state index >= 15 is 0 Å². The molecule has 2 aromatic carbocycles. The Morgan fingerprint density at radius 3 is 2.13 bits per heavy atom. The summed E-state index contributed by atoms with van der Waals surface area (Å²) in [6.07, 6.45) is -0.300. The number of carbonyl (C=O) groups is 3. The average molecular weight is 424 g/mol. The number of carboxylic acids is 1. The maximum absolute atomic E-state index is 12.4. The zero-order valence-electron chi connectivity index (χ0n) is 18.0. The van der Waals surface area contributed by atoms with Crippen LogP contribution in [0.5, 0.6) is 0 Å². The molecule has 164 valence electrons. The first kappa shape index (κ1) is 22.3. The molecule has 1 aliphatic carbocycles. The predicted octanol–water partition coefficient (Wildman–Crippen LogP) is 3.63. The van der Waals surface area contributed by atoms with Gasteiger partial charge >= 0.3 is 12.1 Å². The van der Waals surface area contributed by atoms with Gasteiger partial charge in [0, 0.05) is 25.4 Å². The lowest BCUT2D eigenvalue weighted by Crippen LogP contribution is -2.45. The molecular weight excluding hydrogens is 396 g/mol. The number of aliphatic carboxylic acids is 1. The first-order valence-electron chi connectivity index (χ1n) is 10.4. The Morgan fingerprint density at radius 1 is 1.06 bits per heavy atom. The van der Waals surface area contributed by atoms with Crippen LogP contribution in [-0.4, -0.2) is 53.7 Å². The fourth-order valence-electron chi connectivity index (χ4n) is 4.09. The first-order valence-corrected chi connectivity index (χ1v) is 10.4. The van der Waals surface area contributed by atoms with Crippen molar-refractivity contribution in [3.63, 3.8) is 0 Å². The third-order valence-electron chi connectivity index (χ3n) is 5.72. The summed E-state index contributed by atoms with van der Waals surface area (Å²) in [5, 5.41) is 11.9. The van der Waals surface area contributed by atoms with E-state index in [4.69, 9.17) is 4.74 Å². The molecule has 0 fully saturated rings. The van der Waals surface area contributed by atoms with Gasteiger partial charge in [-0.2, -0.15) is 0 Å². The lowest BCUT2D eigenvalue weighted by atomic mass is 9.98. The topological polar surface area (TPSA) is 95.9 Å². The molecule has 0 spiro atoms. The highest BCUT2D eigenvalue weighted by atomic mass is 16.5. The second-order valence-electron chi connectivity index (χ2n) is 7.84. The van der Waals surface area contributed by atoms with Crippen LogP contribution in [0.1, 0.15) is 43.7 Å². The summed E-state index contributed by atoms with van der Waals surface area (Å²) >= 11 is 0. The number of hydrogen-bond donors (Lipinski definition) is 2. The zero-order valence-corrected chi connectivity index (χ0v) is 18.0. The van der Waals surface area contributed by atoms with E-state index in [2.05, 4.69) is 17.4 Å². The van der Waals surface area contributed by atoms with Crippen LogP contribution in [0.2, 0.25) is 0 Å². The van der Waals surface area contributed by atoms with Gasteiger partial charge in [-0.1, -0.05) is 55.5 Å². The largest absolute Gasteiger partial charge is 0.480 e. The maximum atomic E-state index is 12.4. The quantitative estimate of drug-likeness (QED) is 0.675. The molecule has 1 aliphatic rings. The second kappa shape index (κ2) is 9.64. The van der Waals surface area contributed by atoms with Crippen LogP contribution in [0.15, 0.2) is 48.5 Å². The van der Waals surface area contributed by atoms with Gasteiger partial charge in [0.1, 0.15) is 12.6 Å². The summed E-state index contributed by atoms with van der Waals surface area (Å²) in [7, 11) is 1.46. The number of fused-ring (bicyclic) bond motifs is 3. The van der Waals surface area contributed by atoms with Gasteiger partial charge in [0.2, 0.25) is 5.91 Å². The zero-order chi connectivity index (χ0) is 22.5. The van der Waals surface area contributed by atoms with Crippen molar-refractivity contribution in [3.05, 3.63) is 59.7 Å². The summed E-state index contributed by atoms with van der Waals surface area (Å²) in [6.45, 7) is 3.59. The number of nitrogens with zero attached hydrogens (tertiary/aromatic N) is 1. The molecule has 0 saturated heterocycles. The number of ether oxygens (including phenoxy) is 1. The third kappa shape index (κ3) is 4.87. The van der Waals surface area contributed by atoms with Crippen molar-refractivity contribution in [2.45, 2.75) is 44.7 Å². The molecule has 31 heavy (non-hydrogen) atoms. The van der Waals surface area contributed by atoms with Crippen LogP contribution in [0.3, 0.4) is 0 Å². The molecule has 2 N–H and O–H groups in total. The van der Waals surface area contributed by atoms with Gasteiger partial charge in [0.15, 0.2) is 0 Å². The fraction of sp³-hybridized carbons (Fsp3) is 0.375. The summed E-state index contributed by atoms with van der Waals surface area (Å²) in [6, 6.07) is 14.8. The van der Waals surface area contributed by atoms with Gasteiger partial charge in [0.05, 0.1) is 0 Å². The lowest BCUT2D eigenvalue weighted by molar-refractivity contribution is -0.149. The average Bonchev–Trinajstić information content (AvgIpc) is 3.06. The SMILES string of the molecule is CCC(C(=O)O)N(C)C(=O)CC(C)NC(=O)OCC1c2ccccc2-c2ccccc21. The molecule has 0 radical (unpaired) electrons. The van der Waals surface area contributed by atoms with Crippen molar-refractivity contribution < 1.29 is 24.2 Å². The van der Waals surface area contributed by atoms with E-state index in [-0.39, 0.29) is 24.9 Å². The van der Waals surface area contributed by atoms with Crippen molar-refractivity contribution >= 4 is 18.0 Å². The van der Waals surface area contributed by atoms with Gasteiger partial charge in [-0.05, 0) is 35.6 Å². The van der Waals surface area contributed by atoms with E-state index in [1.54, 1.807) is 13.8 Å². The number of rotatable bonds is 8. The molecule has 0 aliphatic heterocycles. The van der Waals surface area contributed by atoms with Gasteiger partial charge < -0.3 is 20.1 Å². The standard InChI is InChI=1S/C24H28N2O5/c1-4-21(23(28)29)26(3)22(27)13-15(2)25-24(30)31-14-20-18-11-7-5-9-16(18)17-10-6-8-12-19(17)20/h5-12,15,20-21H,4,13-14H2,1-3H3,(H,25,30)(H,28,29). The maximum Gasteiger partial charge on any atom is 0.407 e. The molecule has 2 aromatic rings. The Morgan fingerprint density at radius 2 is 1.61 bits per heavy atom. The van der Waals surface area contributed by atoms with Crippen LogP contribution in [-0.2, 0) is 14.3 Å². The number of benzene rings is 2. The third-order valence-corrected chi connectivity index (χ3v) is 5.72. The molecule has 0 aromatic heterocycles. The number of nitrogens with one attached hydrogen (secondary N) is 1. The highest BCUT2D eigenvalue weighted by Gasteiger charge is 2.29. The van der Waals surface area contributed by atoms with Crippen LogP contribution < -0.4 is 5.32 Å². The molecular formula is C24H28N2O5. The second-order valence-corrected chi connectivity index (χ2v) is 7.84. The van der Waals surface area contributed by atoms with E-state index in [0.717, 1.165) is 22.3 Å². The molecule has 0 heterocycles. The Kier molecular flexibility index (Phi) is 6.95. The number of carbonyl (C=O) groups excluding carboxylic acids is 2. The minimum absolute atomic E-state index is 0.00945. The molecule has 2 atom stereocenters. The van der Waals surface area contributed by atoms with Crippen LogP contribution in [0.25, 0.3) is 11.1 Å². The van der Waals surface area contributed by atoms with Crippen molar-refractivity contribution in [1.29, 1.82) is 0 Å². The van der Waals surface area contributed by atoms with Crippen LogP contribution in [0.4, 0.5) is 4.79 Å². The smallest absolute Gasteiger partial charge is 0.407 e. The van der Waals surface area contributed by atoms with E-state index < -0.39 is 24.1 Å². The first-order chi connectivity index (χ1) is 14.8. The van der Waals surface area contributed by atoms with Crippen molar-refractivity contribution in [3.8, 4) is 11.1 Å². The summed E-state index contributed by atoms with van der Waals surface area (Å²) in [5.41, 5.74) is 4.55. The van der Waals surface area contributed by atoms with E-state index in [0.29, 0.717) is 6.42 Å². The molecule has 0 saturated carbocycles. The van der Waals surface area contributed by atoms with Gasteiger partial charge in [-0.3, -0.25) is 4.79 Å². The lowest BCUT2D eigenvalue weighted by Gasteiger charge is -2.25. The Bertz CT molecular complexity index is 928. The molecule has 3 rings (SSSR count). The Labute approximate surface area is 182 Å². The Hall–Kier alpha value is -3.35. The highest BCUT2D eigenvalue weighted by Crippen LogP contribution is 2.44. The van der Waals surface area contributed by atoms with Gasteiger partial charge in [0.25, 0.3) is 0 Å². The number of amides is 2. The van der Waals surface area contributed by atoms with Crippen molar-refractivity contribution in [1.82, 2.24) is 10.2 Å². The van der Waals surface area contributed by atoms with Crippen LogP contribution >= 0.6 is 0 Å². The highest BCUT2D eigenvalue weighted by molar-refractivity contribution is 5.84. The van der Waals surface area contributed by atoms with Crippen molar-refractivity contribution in [2.75, 3.05) is 13.7 Å². The minimum Gasteiger partial charge on any atom is -0.480 e. The van der Waals surface area contributed by atoms with E-state index in [1.807, 2.05) is 36.4 Å². The summed E-state index contributed by atoms with van der Waals surface area (Å²) < 4.78 is 5.49. The summed E-state index contributed by atoms with van der Waals surface area (Å²) in [5.74, 6) is -1.43. The number of carboxylic acid groups (broad SMARTS) is 1. The van der Waals surface area contributed by atoms with Gasteiger partial charge in [-0.25, -0.2) is 9.59 Å². The van der Waals surface area contributed by atoms with Gasteiger partial charge in [-0.15, -0.1) is 0 Å². The van der Waals surface area contributed by atoms with Crippen molar-refractivity contribution in [2.24, 2.45) is 0 Å². The Balaban J connectivity index is 1.56. The van der Waals surface area contributed by atoms with Crippen LogP contribution in [0, 0.1) is 0 Å². The molecule has 7 nitrogen and oxygen atoms in total. The normalized spacial score (nSPS) is 14.2. The molecule has 2 amide bonds.